The second-order valence-electron chi connectivity index (χ2n) is 5.93. The van der Waals surface area contributed by atoms with Crippen LogP contribution in [0, 0.1) is 0 Å². The molecule has 1 aliphatic rings. The maximum absolute atomic E-state index is 12.5. The van der Waals surface area contributed by atoms with Gasteiger partial charge in [-0.05, 0) is 11.5 Å². The van der Waals surface area contributed by atoms with Gasteiger partial charge < -0.3 is 5.32 Å². The summed E-state index contributed by atoms with van der Waals surface area (Å²) in [6.07, 6.45) is 0.680. The molecule has 1 aliphatic heterocycles. The zero-order valence-corrected chi connectivity index (χ0v) is 13.7. The highest BCUT2D eigenvalue weighted by molar-refractivity contribution is 6.04. The fourth-order valence-corrected chi connectivity index (χ4v) is 3.01. The largest absolute Gasteiger partial charge is 0.325 e. The Labute approximate surface area is 144 Å². The van der Waals surface area contributed by atoms with E-state index in [0.717, 1.165) is 16.5 Å². The van der Waals surface area contributed by atoms with Crippen LogP contribution in [0.1, 0.15) is 25.2 Å². The number of carbonyl (C=O) groups excluding carboxylic acids is 2. The summed E-state index contributed by atoms with van der Waals surface area (Å²) in [6.45, 7) is 1.94. The fraction of sp³-hybridized carbons (Fsp3) is 0.222. The lowest BCUT2D eigenvalue weighted by molar-refractivity contribution is -0.123. The highest BCUT2D eigenvalue weighted by atomic mass is 16.2. The summed E-state index contributed by atoms with van der Waals surface area (Å²) in [5.74, 6) is 0.558. The normalized spacial score (nSPS) is 15.9. The third-order valence-corrected chi connectivity index (χ3v) is 4.27. The van der Waals surface area contributed by atoms with Gasteiger partial charge in [0.2, 0.25) is 11.9 Å². The molecule has 0 bridgehead atoms. The zero-order valence-electron chi connectivity index (χ0n) is 13.7. The standard InChI is InChI=1S/C18H17N5O2/c1-2-15-20-18-21-17(25)14(23(18)22-15)10-16(24)19-13-9-5-7-11-6-3-4-8-12(11)13/h3-9,14H,2,10H2,1H3,(H,19,24)(H,20,21,22,25)/t14-/m1/s1. The average molecular weight is 335 g/mol. The second kappa shape index (κ2) is 6.01. The molecule has 126 valence electrons. The molecule has 2 amide bonds. The van der Waals surface area contributed by atoms with Crippen LogP contribution in [0.25, 0.3) is 10.8 Å². The van der Waals surface area contributed by atoms with Gasteiger partial charge in [0.15, 0.2) is 5.82 Å². The number of anilines is 2. The summed E-state index contributed by atoms with van der Waals surface area (Å²) in [6, 6.07) is 12.9. The third-order valence-electron chi connectivity index (χ3n) is 4.27. The minimum atomic E-state index is -0.669. The van der Waals surface area contributed by atoms with Crippen molar-refractivity contribution < 1.29 is 9.59 Å². The van der Waals surface area contributed by atoms with E-state index < -0.39 is 6.04 Å². The number of amides is 2. The first-order chi connectivity index (χ1) is 12.2. The van der Waals surface area contributed by atoms with Crippen molar-refractivity contribution in [3.8, 4) is 0 Å². The van der Waals surface area contributed by atoms with Gasteiger partial charge in [-0.25, -0.2) is 4.68 Å². The lowest BCUT2D eigenvalue weighted by Gasteiger charge is -2.11. The van der Waals surface area contributed by atoms with Gasteiger partial charge in [-0.1, -0.05) is 43.3 Å². The summed E-state index contributed by atoms with van der Waals surface area (Å²) in [4.78, 5) is 28.8. The first-order valence-electron chi connectivity index (χ1n) is 8.19. The lowest BCUT2D eigenvalue weighted by atomic mass is 10.1. The number of hydrogen-bond acceptors (Lipinski definition) is 4. The van der Waals surface area contributed by atoms with Crippen molar-refractivity contribution in [1.29, 1.82) is 0 Å². The van der Waals surface area contributed by atoms with E-state index in [1.54, 1.807) is 0 Å². The van der Waals surface area contributed by atoms with E-state index in [4.69, 9.17) is 0 Å². The van der Waals surface area contributed by atoms with Crippen molar-refractivity contribution in [3.05, 3.63) is 48.3 Å². The Morgan fingerprint density at radius 3 is 2.88 bits per heavy atom. The van der Waals surface area contributed by atoms with Gasteiger partial charge in [0.25, 0.3) is 5.91 Å². The van der Waals surface area contributed by atoms with Crippen molar-refractivity contribution in [2.75, 3.05) is 10.6 Å². The molecule has 7 nitrogen and oxygen atoms in total. The molecule has 0 aliphatic carbocycles. The maximum Gasteiger partial charge on any atom is 0.252 e. The molecule has 0 saturated carbocycles. The molecule has 0 unspecified atom stereocenters. The van der Waals surface area contributed by atoms with E-state index in [0.29, 0.717) is 18.2 Å². The van der Waals surface area contributed by atoms with Gasteiger partial charge in [-0.15, -0.1) is 0 Å². The van der Waals surface area contributed by atoms with Crippen LogP contribution in [-0.2, 0) is 16.0 Å². The molecule has 4 rings (SSSR count). The van der Waals surface area contributed by atoms with Crippen molar-refractivity contribution in [2.45, 2.75) is 25.8 Å². The number of nitrogens with one attached hydrogen (secondary N) is 2. The first-order valence-corrected chi connectivity index (χ1v) is 8.19. The molecular formula is C18H17N5O2. The smallest absolute Gasteiger partial charge is 0.252 e. The highest BCUT2D eigenvalue weighted by Crippen LogP contribution is 2.27. The van der Waals surface area contributed by atoms with Gasteiger partial charge in [0.05, 0.1) is 6.42 Å². The number of rotatable bonds is 4. The molecular weight excluding hydrogens is 318 g/mol. The summed E-state index contributed by atoms with van der Waals surface area (Å²) < 4.78 is 1.50. The van der Waals surface area contributed by atoms with Crippen LogP contribution in [0.15, 0.2) is 42.5 Å². The Balaban J connectivity index is 1.54. The predicted octanol–water partition coefficient (Wildman–Crippen LogP) is 2.52. The number of fused-ring (bicyclic) bond motifs is 2. The minimum Gasteiger partial charge on any atom is -0.325 e. The fourth-order valence-electron chi connectivity index (χ4n) is 3.01. The van der Waals surface area contributed by atoms with Crippen molar-refractivity contribution in [1.82, 2.24) is 14.8 Å². The molecule has 1 atom stereocenters. The van der Waals surface area contributed by atoms with E-state index in [9.17, 15) is 9.59 Å². The van der Waals surface area contributed by atoms with Gasteiger partial charge >= 0.3 is 0 Å². The van der Waals surface area contributed by atoms with E-state index in [-0.39, 0.29) is 18.2 Å². The quantitative estimate of drug-likeness (QED) is 0.767. The predicted molar refractivity (Wildman–Crippen MR) is 94.3 cm³/mol. The number of hydrogen-bond donors (Lipinski definition) is 2. The number of nitrogens with zero attached hydrogens (tertiary/aromatic N) is 3. The summed E-state index contributed by atoms with van der Waals surface area (Å²) in [7, 11) is 0. The Hall–Kier alpha value is -3.22. The number of aryl methyl sites for hydroxylation is 1. The van der Waals surface area contributed by atoms with Gasteiger partial charge in [0, 0.05) is 17.5 Å². The number of carbonyl (C=O) groups is 2. The highest BCUT2D eigenvalue weighted by Gasteiger charge is 2.34. The monoisotopic (exact) mass is 335 g/mol. The topological polar surface area (TPSA) is 88.9 Å². The Morgan fingerprint density at radius 1 is 1.24 bits per heavy atom. The molecule has 7 heteroatoms. The van der Waals surface area contributed by atoms with Crippen LogP contribution in [0.5, 0.6) is 0 Å². The Morgan fingerprint density at radius 2 is 2.04 bits per heavy atom. The molecule has 0 saturated heterocycles. The third kappa shape index (κ3) is 2.73. The summed E-state index contributed by atoms with van der Waals surface area (Å²) in [5.41, 5.74) is 0.731. The molecule has 0 radical (unpaired) electrons. The summed E-state index contributed by atoms with van der Waals surface area (Å²) in [5, 5.41) is 11.9. The number of benzene rings is 2. The van der Waals surface area contributed by atoms with Gasteiger partial charge in [-0.2, -0.15) is 10.1 Å². The molecule has 1 aromatic heterocycles. The molecule has 0 spiro atoms. The minimum absolute atomic E-state index is 0.00850. The summed E-state index contributed by atoms with van der Waals surface area (Å²) >= 11 is 0. The zero-order chi connectivity index (χ0) is 17.4. The van der Waals surface area contributed by atoms with Gasteiger partial charge in [-0.3, -0.25) is 14.9 Å². The first kappa shape index (κ1) is 15.3. The van der Waals surface area contributed by atoms with Gasteiger partial charge in [0.1, 0.15) is 6.04 Å². The number of aromatic nitrogens is 3. The van der Waals surface area contributed by atoms with E-state index >= 15 is 0 Å². The maximum atomic E-state index is 12.5. The molecule has 0 fully saturated rings. The van der Waals surface area contributed by atoms with E-state index in [1.165, 1.54) is 4.68 Å². The van der Waals surface area contributed by atoms with Crippen LogP contribution in [0.4, 0.5) is 11.6 Å². The van der Waals surface area contributed by atoms with E-state index in [2.05, 4.69) is 20.7 Å². The van der Waals surface area contributed by atoms with Crippen LogP contribution in [0.3, 0.4) is 0 Å². The van der Waals surface area contributed by atoms with Crippen LogP contribution < -0.4 is 10.6 Å². The van der Waals surface area contributed by atoms with Crippen molar-refractivity contribution in [2.24, 2.45) is 0 Å². The second-order valence-corrected chi connectivity index (χ2v) is 5.93. The van der Waals surface area contributed by atoms with Crippen LogP contribution in [-0.4, -0.2) is 26.6 Å². The molecule has 2 N–H and O–H groups in total. The molecule has 2 aromatic carbocycles. The molecule has 2 heterocycles. The average Bonchev–Trinajstić information content (AvgIpc) is 3.14. The van der Waals surface area contributed by atoms with Crippen molar-refractivity contribution in [3.63, 3.8) is 0 Å². The van der Waals surface area contributed by atoms with Crippen LogP contribution >= 0.6 is 0 Å². The molecule has 25 heavy (non-hydrogen) atoms. The SMILES string of the molecule is CCc1nc2n(n1)[C@H](CC(=O)Nc1cccc3ccccc13)C(=O)N2. The lowest BCUT2D eigenvalue weighted by Crippen LogP contribution is -2.24. The van der Waals surface area contributed by atoms with Crippen molar-refractivity contribution >= 4 is 34.2 Å². The van der Waals surface area contributed by atoms with Crippen LogP contribution in [0.2, 0.25) is 0 Å². The molecule has 3 aromatic rings. The Kier molecular flexibility index (Phi) is 3.68. The Bertz CT molecular complexity index is 973. The van der Waals surface area contributed by atoms with E-state index in [1.807, 2.05) is 49.4 Å².